The Morgan fingerprint density at radius 2 is 1.77 bits per heavy atom. The van der Waals surface area contributed by atoms with E-state index in [9.17, 15) is 4.79 Å². The number of benzene rings is 3. The predicted molar refractivity (Wildman–Crippen MR) is 167 cm³/mol. The van der Waals surface area contributed by atoms with Gasteiger partial charge in [0.15, 0.2) is 22.8 Å². The van der Waals surface area contributed by atoms with Crippen molar-refractivity contribution in [1.29, 1.82) is 0 Å². The van der Waals surface area contributed by atoms with Crippen LogP contribution in [0.15, 0.2) is 111 Å². The number of ether oxygens (including phenoxy) is 3. The third-order valence-corrected chi connectivity index (χ3v) is 7.11. The van der Waals surface area contributed by atoms with Crippen molar-refractivity contribution in [2.45, 2.75) is 26.3 Å². The van der Waals surface area contributed by atoms with Gasteiger partial charge in [-0.15, -0.1) is 5.10 Å². The van der Waals surface area contributed by atoms with Crippen molar-refractivity contribution < 1.29 is 32.4 Å². The van der Waals surface area contributed by atoms with Gasteiger partial charge in [0.2, 0.25) is 11.8 Å². The average molecular weight is 633 g/mol. The van der Waals surface area contributed by atoms with E-state index in [1.807, 2.05) is 54.6 Å². The number of oxazole rings is 1. The number of rotatable bonds is 13. The summed E-state index contributed by atoms with van der Waals surface area (Å²) in [5, 5.41) is 15.1. The molecule has 4 aromatic heterocycles. The van der Waals surface area contributed by atoms with E-state index in [0.717, 1.165) is 16.6 Å². The van der Waals surface area contributed by atoms with Crippen LogP contribution >= 0.6 is 0 Å². The van der Waals surface area contributed by atoms with Crippen LogP contribution in [0.3, 0.4) is 0 Å². The molecule has 3 aromatic carbocycles. The van der Waals surface area contributed by atoms with Crippen molar-refractivity contribution in [3.05, 3.63) is 115 Å². The standard InChI is InChI=1S/C34H28N6O7/c1-42-32-15-22(12-13-31(32)44-20-23-18-40(39-37-23)19-33(41)35-17-24-7-6-14-43-24)28-16-25(47-38-28)21-45-29-10-4-2-8-26(29)34-36-27-9-3-5-11-30(27)46-34/h2-16,18H,17,19-21H2,1H3,(H,35,41). The quantitative estimate of drug-likeness (QED) is 0.164. The lowest BCUT2D eigenvalue weighted by molar-refractivity contribution is -0.122. The Morgan fingerprint density at radius 3 is 2.64 bits per heavy atom. The summed E-state index contributed by atoms with van der Waals surface area (Å²) in [7, 11) is 1.56. The normalized spacial score (nSPS) is 11.1. The summed E-state index contributed by atoms with van der Waals surface area (Å²) < 4.78 is 35.8. The van der Waals surface area contributed by atoms with Gasteiger partial charge >= 0.3 is 0 Å². The molecule has 0 bridgehead atoms. The van der Waals surface area contributed by atoms with E-state index in [-0.39, 0.29) is 25.7 Å². The molecule has 4 heterocycles. The number of nitrogens with zero attached hydrogens (tertiary/aromatic N) is 5. The fraction of sp³-hybridized carbons (Fsp3) is 0.147. The molecule has 0 fully saturated rings. The number of methoxy groups -OCH3 is 1. The van der Waals surface area contributed by atoms with E-state index >= 15 is 0 Å². The average Bonchev–Trinajstić information content (AvgIpc) is 3.93. The SMILES string of the molecule is COc1cc(-c2cc(COc3ccccc3-c3nc4ccccc4o3)on2)ccc1OCc1cn(CC(=O)NCc2ccco2)nn1. The summed E-state index contributed by atoms with van der Waals surface area (Å²) in [5.74, 6) is 3.06. The monoisotopic (exact) mass is 632 g/mol. The Labute approximate surface area is 267 Å². The van der Waals surface area contributed by atoms with Gasteiger partial charge in [-0.25, -0.2) is 9.67 Å². The molecule has 0 aliphatic carbocycles. The maximum absolute atomic E-state index is 12.2. The molecule has 1 N–H and O–H groups in total. The summed E-state index contributed by atoms with van der Waals surface area (Å²) >= 11 is 0. The number of carbonyl (C=O) groups excluding carboxylic acids is 1. The number of furan rings is 1. The molecule has 0 saturated carbocycles. The van der Waals surface area contributed by atoms with Crippen LogP contribution < -0.4 is 19.5 Å². The molecule has 236 valence electrons. The molecule has 1 amide bonds. The molecule has 13 nitrogen and oxygen atoms in total. The molecule has 0 aliphatic heterocycles. The highest BCUT2D eigenvalue weighted by molar-refractivity contribution is 5.77. The van der Waals surface area contributed by atoms with Crippen LogP contribution in [-0.4, -0.2) is 38.2 Å². The molecular weight excluding hydrogens is 604 g/mol. The van der Waals surface area contributed by atoms with Gasteiger partial charge in [-0.2, -0.15) is 0 Å². The maximum Gasteiger partial charge on any atom is 0.242 e. The Bertz CT molecular complexity index is 2080. The van der Waals surface area contributed by atoms with Crippen molar-refractivity contribution in [3.8, 4) is 40.0 Å². The van der Waals surface area contributed by atoms with Crippen LogP contribution in [0.2, 0.25) is 0 Å². The summed E-state index contributed by atoms with van der Waals surface area (Å²) in [6, 6.07) is 25.9. The van der Waals surface area contributed by atoms with Crippen LogP contribution in [0.1, 0.15) is 17.2 Å². The largest absolute Gasteiger partial charge is 0.493 e. The number of para-hydroxylation sites is 3. The summed E-state index contributed by atoms with van der Waals surface area (Å²) in [4.78, 5) is 16.8. The Kier molecular flexibility index (Phi) is 8.32. The van der Waals surface area contributed by atoms with Gasteiger partial charge < -0.3 is 32.9 Å². The van der Waals surface area contributed by atoms with Crippen LogP contribution in [-0.2, 0) is 31.1 Å². The summed E-state index contributed by atoms with van der Waals surface area (Å²) in [5.41, 5.74) is 4.13. The predicted octanol–water partition coefficient (Wildman–Crippen LogP) is 5.82. The highest BCUT2D eigenvalue weighted by atomic mass is 16.5. The van der Waals surface area contributed by atoms with E-state index in [4.69, 9.17) is 27.6 Å². The second-order valence-electron chi connectivity index (χ2n) is 10.4. The molecule has 7 rings (SSSR count). The van der Waals surface area contributed by atoms with Crippen LogP contribution in [0.25, 0.3) is 33.8 Å². The van der Waals surface area contributed by atoms with E-state index in [0.29, 0.717) is 58.2 Å². The minimum atomic E-state index is -0.219. The molecule has 0 saturated heterocycles. The van der Waals surface area contributed by atoms with E-state index in [2.05, 4.69) is 25.8 Å². The molecule has 0 radical (unpaired) electrons. The molecule has 47 heavy (non-hydrogen) atoms. The maximum atomic E-state index is 12.2. The minimum absolute atomic E-state index is 0.0153. The molecule has 0 atom stereocenters. The summed E-state index contributed by atoms with van der Waals surface area (Å²) in [6.45, 7) is 0.586. The lowest BCUT2D eigenvalue weighted by Crippen LogP contribution is -2.27. The molecular formula is C34H28N6O7. The van der Waals surface area contributed by atoms with E-state index < -0.39 is 0 Å². The second-order valence-corrected chi connectivity index (χ2v) is 10.4. The van der Waals surface area contributed by atoms with Gasteiger partial charge in [0.25, 0.3) is 0 Å². The highest BCUT2D eigenvalue weighted by Crippen LogP contribution is 2.34. The number of carbonyl (C=O) groups is 1. The molecule has 0 unspecified atom stereocenters. The fourth-order valence-corrected chi connectivity index (χ4v) is 4.80. The Hall–Kier alpha value is -6.37. The van der Waals surface area contributed by atoms with Gasteiger partial charge in [0.1, 0.15) is 48.2 Å². The first kappa shape index (κ1) is 29.3. The van der Waals surface area contributed by atoms with Crippen molar-refractivity contribution in [3.63, 3.8) is 0 Å². The smallest absolute Gasteiger partial charge is 0.242 e. The van der Waals surface area contributed by atoms with Crippen LogP contribution in [0.5, 0.6) is 17.2 Å². The third-order valence-electron chi connectivity index (χ3n) is 7.11. The molecule has 7 aromatic rings. The van der Waals surface area contributed by atoms with E-state index in [1.165, 1.54) is 4.68 Å². The topological polar surface area (TPSA) is 153 Å². The van der Waals surface area contributed by atoms with Gasteiger partial charge in [-0.1, -0.05) is 34.6 Å². The van der Waals surface area contributed by atoms with Crippen molar-refractivity contribution in [1.82, 2.24) is 30.5 Å². The number of nitrogens with one attached hydrogen (secondary N) is 1. The lowest BCUT2D eigenvalue weighted by atomic mass is 10.1. The summed E-state index contributed by atoms with van der Waals surface area (Å²) in [6.07, 6.45) is 3.21. The third kappa shape index (κ3) is 6.83. The van der Waals surface area contributed by atoms with Gasteiger partial charge in [0.05, 0.1) is 31.7 Å². The molecule has 0 spiro atoms. The fourth-order valence-electron chi connectivity index (χ4n) is 4.80. The van der Waals surface area contributed by atoms with Gasteiger partial charge in [-0.3, -0.25) is 4.79 Å². The Morgan fingerprint density at radius 1 is 0.894 bits per heavy atom. The number of hydrogen-bond donors (Lipinski definition) is 1. The number of fused-ring (bicyclic) bond motifs is 1. The molecule has 0 aliphatic rings. The zero-order valence-corrected chi connectivity index (χ0v) is 25.2. The number of amides is 1. The molecule has 13 heteroatoms. The van der Waals surface area contributed by atoms with Crippen LogP contribution in [0, 0.1) is 0 Å². The van der Waals surface area contributed by atoms with Crippen molar-refractivity contribution in [2.75, 3.05) is 7.11 Å². The highest BCUT2D eigenvalue weighted by Gasteiger charge is 2.16. The number of aromatic nitrogens is 5. The second kappa shape index (κ2) is 13.3. The minimum Gasteiger partial charge on any atom is -0.493 e. The first-order valence-corrected chi connectivity index (χ1v) is 14.6. The first-order valence-electron chi connectivity index (χ1n) is 14.6. The van der Waals surface area contributed by atoms with Gasteiger partial charge in [-0.05, 0) is 54.6 Å². The Balaban J connectivity index is 0.957. The zero-order valence-electron chi connectivity index (χ0n) is 25.2. The first-order chi connectivity index (χ1) is 23.1. The number of hydrogen-bond acceptors (Lipinski definition) is 11. The zero-order chi connectivity index (χ0) is 32.0. The van der Waals surface area contributed by atoms with E-state index in [1.54, 1.807) is 49.9 Å². The van der Waals surface area contributed by atoms with Crippen LogP contribution in [0.4, 0.5) is 0 Å². The van der Waals surface area contributed by atoms with Crippen molar-refractivity contribution >= 4 is 17.0 Å². The lowest BCUT2D eigenvalue weighted by Gasteiger charge is -2.10. The van der Waals surface area contributed by atoms with Crippen molar-refractivity contribution in [2.24, 2.45) is 0 Å². The van der Waals surface area contributed by atoms with Gasteiger partial charge in [0, 0.05) is 11.6 Å².